The molecule has 0 unspecified atom stereocenters. The van der Waals surface area contributed by atoms with Crippen LogP contribution in [0.25, 0.3) is 11.4 Å². The van der Waals surface area contributed by atoms with E-state index in [0.717, 1.165) is 11.3 Å². The van der Waals surface area contributed by atoms with E-state index in [2.05, 4.69) is 15.5 Å². The van der Waals surface area contributed by atoms with Crippen molar-refractivity contribution in [2.24, 2.45) is 7.05 Å². The maximum atomic E-state index is 12.2. The summed E-state index contributed by atoms with van der Waals surface area (Å²) in [5.41, 5.74) is 1.39. The van der Waals surface area contributed by atoms with Crippen molar-refractivity contribution in [3.63, 3.8) is 0 Å². The SMILES string of the molecule is COc1ccc(-c2nnc(SCC(=O)Nc3cccc(Cl)c3Cl)n2C)cc1. The lowest BCUT2D eigenvalue weighted by Gasteiger charge is -2.08. The van der Waals surface area contributed by atoms with E-state index in [-0.39, 0.29) is 11.7 Å². The number of ether oxygens (including phenoxy) is 1. The lowest BCUT2D eigenvalue weighted by Crippen LogP contribution is -2.14. The molecule has 0 bridgehead atoms. The number of hydrogen-bond acceptors (Lipinski definition) is 5. The van der Waals surface area contributed by atoms with Crippen LogP contribution in [0.3, 0.4) is 0 Å². The number of rotatable bonds is 6. The number of nitrogens with zero attached hydrogens (tertiary/aromatic N) is 3. The van der Waals surface area contributed by atoms with Crippen LogP contribution in [-0.4, -0.2) is 33.5 Å². The first-order valence-corrected chi connectivity index (χ1v) is 9.64. The van der Waals surface area contributed by atoms with Crippen molar-refractivity contribution in [2.45, 2.75) is 5.16 Å². The number of halogens is 2. The van der Waals surface area contributed by atoms with E-state index in [1.165, 1.54) is 11.8 Å². The van der Waals surface area contributed by atoms with Crippen LogP contribution in [0.15, 0.2) is 47.6 Å². The van der Waals surface area contributed by atoms with E-state index in [1.807, 2.05) is 35.9 Å². The van der Waals surface area contributed by atoms with Gasteiger partial charge < -0.3 is 14.6 Å². The summed E-state index contributed by atoms with van der Waals surface area (Å²) in [6.07, 6.45) is 0. The zero-order valence-electron chi connectivity index (χ0n) is 14.6. The first-order chi connectivity index (χ1) is 13.0. The van der Waals surface area contributed by atoms with Crippen LogP contribution < -0.4 is 10.1 Å². The van der Waals surface area contributed by atoms with E-state index in [1.54, 1.807) is 25.3 Å². The fourth-order valence-electron chi connectivity index (χ4n) is 2.35. The largest absolute Gasteiger partial charge is 0.497 e. The molecule has 140 valence electrons. The van der Waals surface area contributed by atoms with Crippen LogP contribution in [0, 0.1) is 0 Å². The number of hydrogen-bond donors (Lipinski definition) is 1. The molecule has 1 heterocycles. The minimum Gasteiger partial charge on any atom is -0.497 e. The predicted octanol–water partition coefficient (Wildman–Crippen LogP) is 4.53. The molecule has 1 aromatic heterocycles. The minimum absolute atomic E-state index is 0.164. The molecule has 1 N–H and O–H groups in total. The van der Waals surface area contributed by atoms with Crippen molar-refractivity contribution >= 4 is 46.6 Å². The minimum atomic E-state index is -0.210. The molecule has 0 saturated carbocycles. The number of carbonyl (C=O) groups excluding carboxylic acids is 1. The number of amides is 1. The Kier molecular flexibility index (Phi) is 6.26. The normalized spacial score (nSPS) is 10.7. The first kappa shape index (κ1) is 19.5. The molecular weight excluding hydrogens is 407 g/mol. The lowest BCUT2D eigenvalue weighted by atomic mass is 10.2. The summed E-state index contributed by atoms with van der Waals surface area (Å²) in [7, 11) is 3.47. The molecular formula is C18H16Cl2N4O2S. The average Bonchev–Trinajstić information content (AvgIpc) is 3.04. The molecule has 0 aliphatic carbocycles. The molecule has 0 aliphatic rings. The fraction of sp³-hybridized carbons (Fsp3) is 0.167. The van der Waals surface area contributed by atoms with Gasteiger partial charge in [0.2, 0.25) is 5.91 Å². The number of methoxy groups -OCH3 is 1. The second kappa shape index (κ2) is 8.65. The summed E-state index contributed by atoms with van der Waals surface area (Å²) in [5.74, 6) is 1.43. The van der Waals surface area contributed by atoms with Gasteiger partial charge in [0.15, 0.2) is 11.0 Å². The Bertz CT molecular complexity index is 960. The highest BCUT2D eigenvalue weighted by atomic mass is 35.5. The van der Waals surface area contributed by atoms with E-state index in [4.69, 9.17) is 27.9 Å². The van der Waals surface area contributed by atoms with Crippen molar-refractivity contribution in [3.05, 3.63) is 52.5 Å². The average molecular weight is 423 g/mol. The molecule has 3 rings (SSSR count). The summed E-state index contributed by atoms with van der Waals surface area (Å²) in [5, 5.41) is 12.5. The van der Waals surface area contributed by atoms with Gasteiger partial charge in [0.1, 0.15) is 5.75 Å². The molecule has 0 spiro atoms. The van der Waals surface area contributed by atoms with Gasteiger partial charge in [-0.05, 0) is 36.4 Å². The molecule has 3 aromatic rings. The van der Waals surface area contributed by atoms with Crippen LogP contribution >= 0.6 is 35.0 Å². The fourth-order valence-corrected chi connectivity index (χ4v) is 3.41. The predicted molar refractivity (Wildman–Crippen MR) is 109 cm³/mol. The summed E-state index contributed by atoms with van der Waals surface area (Å²) < 4.78 is 7.00. The maximum Gasteiger partial charge on any atom is 0.234 e. The third-order valence-electron chi connectivity index (χ3n) is 3.74. The highest BCUT2D eigenvalue weighted by Crippen LogP contribution is 2.30. The van der Waals surface area contributed by atoms with Gasteiger partial charge in [-0.25, -0.2) is 0 Å². The van der Waals surface area contributed by atoms with E-state index in [0.29, 0.717) is 26.7 Å². The van der Waals surface area contributed by atoms with Crippen molar-refractivity contribution in [3.8, 4) is 17.1 Å². The third kappa shape index (κ3) is 4.55. The molecule has 27 heavy (non-hydrogen) atoms. The molecule has 9 heteroatoms. The number of aromatic nitrogens is 3. The monoisotopic (exact) mass is 422 g/mol. The molecule has 0 aliphatic heterocycles. The van der Waals surface area contributed by atoms with Crippen LogP contribution in [0.2, 0.25) is 10.0 Å². The van der Waals surface area contributed by atoms with Crippen molar-refractivity contribution in [1.29, 1.82) is 0 Å². The van der Waals surface area contributed by atoms with Crippen LogP contribution in [0.4, 0.5) is 5.69 Å². The van der Waals surface area contributed by atoms with Crippen molar-refractivity contribution in [2.75, 3.05) is 18.2 Å². The second-order valence-corrected chi connectivity index (χ2v) is 7.26. The Balaban J connectivity index is 1.65. The van der Waals surface area contributed by atoms with Gasteiger partial charge in [-0.3, -0.25) is 4.79 Å². The molecule has 1 amide bonds. The number of anilines is 1. The van der Waals surface area contributed by atoms with Gasteiger partial charge >= 0.3 is 0 Å². The maximum absolute atomic E-state index is 12.2. The molecule has 2 aromatic carbocycles. The molecule has 6 nitrogen and oxygen atoms in total. The molecule has 0 saturated heterocycles. The van der Waals surface area contributed by atoms with E-state index in [9.17, 15) is 4.79 Å². The van der Waals surface area contributed by atoms with Crippen molar-refractivity contribution < 1.29 is 9.53 Å². The van der Waals surface area contributed by atoms with Gasteiger partial charge in [-0.15, -0.1) is 10.2 Å². The summed E-state index contributed by atoms with van der Waals surface area (Å²) in [4.78, 5) is 12.2. The van der Waals surface area contributed by atoms with Gasteiger partial charge in [-0.2, -0.15) is 0 Å². The Morgan fingerprint density at radius 1 is 1.19 bits per heavy atom. The van der Waals surface area contributed by atoms with Gasteiger partial charge in [0, 0.05) is 12.6 Å². The molecule has 0 fully saturated rings. The zero-order chi connectivity index (χ0) is 19.4. The smallest absolute Gasteiger partial charge is 0.234 e. The first-order valence-electron chi connectivity index (χ1n) is 7.90. The highest BCUT2D eigenvalue weighted by Gasteiger charge is 2.14. The van der Waals surface area contributed by atoms with Gasteiger partial charge in [-0.1, -0.05) is 41.0 Å². The molecule has 0 radical (unpaired) electrons. The van der Waals surface area contributed by atoms with Crippen molar-refractivity contribution in [1.82, 2.24) is 14.8 Å². The summed E-state index contributed by atoms with van der Waals surface area (Å²) >= 11 is 13.3. The number of thioether (sulfide) groups is 1. The van der Waals surface area contributed by atoms with E-state index >= 15 is 0 Å². The Morgan fingerprint density at radius 2 is 1.93 bits per heavy atom. The number of carbonyl (C=O) groups is 1. The Labute approximate surface area is 170 Å². The third-order valence-corrected chi connectivity index (χ3v) is 5.58. The topological polar surface area (TPSA) is 69.0 Å². The summed E-state index contributed by atoms with van der Waals surface area (Å²) in [6, 6.07) is 12.6. The lowest BCUT2D eigenvalue weighted by molar-refractivity contribution is -0.113. The van der Waals surface area contributed by atoms with Gasteiger partial charge in [0.25, 0.3) is 0 Å². The van der Waals surface area contributed by atoms with Gasteiger partial charge in [0.05, 0.1) is 28.6 Å². The number of nitrogens with one attached hydrogen (secondary N) is 1. The van der Waals surface area contributed by atoms with E-state index < -0.39 is 0 Å². The van der Waals surface area contributed by atoms with Crippen LogP contribution in [0.1, 0.15) is 0 Å². The Morgan fingerprint density at radius 3 is 2.63 bits per heavy atom. The van der Waals surface area contributed by atoms with Crippen LogP contribution in [-0.2, 0) is 11.8 Å². The highest BCUT2D eigenvalue weighted by molar-refractivity contribution is 7.99. The van der Waals surface area contributed by atoms with Crippen LogP contribution in [0.5, 0.6) is 5.75 Å². The quantitative estimate of drug-likeness (QED) is 0.590. The molecule has 0 atom stereocenters. The zero-order valence-corrected chi connectivity index (χ0v) is 16.9. The second-order valence-electron chi connectivity index (χ2n) is 5.53. The summed E-state index contributed by atoms with van der Waals surface area (Å²) in [6.45, 7) is 0. The standard InChI is InChI=1S/C18H16Cl2N4O2S/c1-24-17(11-6-8-12(26-2)9-7-11)22-23-18(24)27-10-15(25)21-14-5-3-4-13(19)16(14)20/h3-9H,10H2,1-2H3,(H,21,25). The Hall–Kier alpha value is -2.22. The number of benzene rings is 2.